The minimum atomic E-state index is -0.256. The molecular weight excluding hydrogens is 196 g/mol. The second-order valence-electron chi connectivity index (χ2n) is 3.83. The molecule has 15 heavy (non-hydrogen) atoms. The van der Waals surface area contributed by atoms with Gasteiger partial charge in [0.1, 0.15) is 6.04 Å². The summed E-state index contributed by atoms with van der Waals surface area (Å²) in [4.78, 5) is 15.9. The first-order valence-corrected chi connectivity index (χ1v) is 5.18. The summed E-state index contributed by atoms with van der Waals surface area (Å²) < 4.78 is 9.82. The van der Waals surface area contributed by atoms with Crippen molar-refractivity contribution >= 4 is 5.97 Å². The van der Waals surface area contributed by atoms with E-state index in [0.29, 0.717) is 6.61 Å². The number of ether oxygens (including phenoxy) is 2. The molecule has 1 aliphatic heterocycles. The molecule has 0 bridgehead atoms. The van der Waals surface area contributed by atoms with Crippen LogP contribution in [0.3, 0.4) is 0 Å². The molecule has 5 nitrogen and oxygen atoms in total. The molecule has 0 aromatic heterocycles. The average Bonchev–Trinajstić information content (AvgIpc) is 2.26. The first-order valence-electron chi connectivity index (χ1n) is 5.18. The lowest BCUT2D eigenvalue weighted by atomic mass is 10.2. The second-order valence-corrected chi connectivity index (χ2v) is 3.83. The molecule has 0 aromatic rings. The number of piperazine rings is 1. The zero-order chi connectivity index (χ0) is 11.3. The van der Waals surface area contributed by atoms with E-state index in [1.165, 1.54) is 7.11 Å². The van der Waals surface area contributed by atoms with Crippen LogP contribution < -0.4 is 0 Å². The fraction of sp³-hybridized carbons (Fsp3) is 0.900. The van der Waals surface area contributed by atoms with Gasteiger partial charge in [0.15, 0.2) is 0 Å². The monoisotopic (exact) mass is 216 g/mol. The molecule has 0 amide bonds. The normalized spacial score (nSPS) is 21.3. The Balaban J connectivity index is 2.51. The molecule has 0 aliphatic carbocycles. The van der Waals surface area contributed by atoms with Crippen molar-refractivity contribution in [3.63, 3.8) is 0 Å². The van der Waals surface area contributed by atoms with E-state index in [4.69, 9.17) is 9.47 Å². The van der Waals surface area contributed by atoms with Gasteiger partial charge in [-0.2, -0.15) is 0 Å². The maximum atomic E-state index is 11.5. The van der Waals surface area contributed by atoms with E-state index in [1.807, 2.05) is 0 Å². The first-order chi connectivity index (χ1) is 7.19. The van der Waals surface area contributed by atoms with Gasteiger partial charge in [-0.05, 0) is 7.05 Å². The van der Waals surface area contributed by atoms with E-state index >= 15 is 0 Å². The average molecular weight is 216 g/mol. The zero-order valence-corrected chi connectivity index (χ0v) is 9.73. The van der Waals surface area contributed by atoms with Crippen molar-refractivity contribution in [2.45, 2.75) is 6.04 Å². The molecule has 1 atom stereocenters. The van der Waals surface area contributed by atoms with Crippen molar-refractivity contribution in [1.82, 2.24) is 9.80 Å². The fourth-order valence-electron chi connectivity index (χ4n) is 1.75. The third kappa shape index (κ3) is 3.44. The molecule has 1 unspecified atom stereocenters. The maximum absolute atomic E-state index is 11.5. The van der Waals surface area contributed by atoms with E-state index < -0.39 is 0 Å². The van der Waals surface area contributed by atoms with Crippen LogP contribution in [-0.4, -0.2) is 75.9 Å². The van der Waals surface area contributed by atoms with Crippen LogP contribution >= 0.6 is 0 Å². The Morgan fingerprint density at radius 3 is 2.33 bits per heavy atom. The number of esters is 1. The molecule has 0 saturated carbocycles. The molecule has 1 saturated heterocycles. The van der Waals surface area contributed by atoms with Gasteiger partial charge >= 0.3 is 5.97 Å². The highest BCUT2D eigenvalue weighted by molar-refractivity contribution is 5.75. The standard InChI is InChI=1S/C10H20N2O3/c1-11-4-6-12(7-5-11)9(8-14-2)10(13)15-3/h9H,4-8H2,1-3H3. The van der Waals surface area contributed by atoms with Gasteiger partial charge in [0.2, 0.25) is 0 Å². The minimum Gasteiger partial charge on any atom is -0.468 e. The van der Waals surface area contributed by atoms with Gasteiger partial charge in [-0.3, -0.25) is 9.69 Å². The van der Waals surface area contributed by atoms with E-state index in [-0.39, 0.29) is 12.0 Å². The van der Waals surface area contributed by atoms with Crippen LogP contribution in [0.25, 0.3) is 0 Å². The van der Waals surface area contributed by atoms with E-state index in [9.17, 15) is 4.79 Å². The van der Waals surface area contributed by atoms with Crippen LogP contribution in [0.1, 0.15) is 0 Å². The molecular formula is C10H20N2O3. The summed E-state index contributed by atoms with van der Waals surface area (Å²) in [5.74, 6) is -0.207. The molecule has 0 N–H and O–H groups in total. The van der Waals surface area contributed by atoms with Gasteiger partial charge in [-0.25, -0.2) is 0 Å². The smallest absolute Gasteiger partial charge is 0.325 e. The number of rotatable bonds is 4. The fourth-order valence-corrected chi connectivity index (χ4v) is 1.75. The molecule has 0 spiro atoms. The summed E-state index contributed by atoms with van der Waals surface area (Å²) in [7, 11) is 5.11. The Morgan fingerprint density at radius 1 is 1.27 bits per heavy atom. The van der Waals surface area contributed by atoms with Crippen LogP contribution in [0, 0.1) is 0 Å². The van der Waals surface area contributed by atoms with Crippen molar-refractivity contribution in [2.24, 2.45) is 0 Å². The largest absolute Gasteiger partial charge is 0.468 e. The third-order valence-electron chi connectivity index (χ3n) is 2.78. The van der Waals surface area contributed by atoms with Crippen molar-refractivity contribution in [3.8, 4) is 0 Å². The Hall–Kier alpha value is -0.650. The van der Waals surface area contributed by atoms with Crippen molar-refractivity contribution < 1.29 is 14.3 Å². The Kier molecular flexibility index (Phi) is 5.01. The van der Waals surface area contributed by atoms with Gasteiger partial charge < -0.3 is 14.4 Å². The Labute approximate surface area is 90.9 Å². The summed E-state index contributed by atoms with van der Waals surface area (Å²) >= 11 is 0. The van der Waals surface area contributed by atoms with Gasteiger partial charge in [0, 0.05) is 33.3 Å². The number of carbonyl (C=O) groups is 1. The number of likely N-dealkylation sites (N-methyl/N-ethyl adjacent to an activating group) is 1. The minimum absolute atomic E-state index is 0.207. The summed E-state index contributed by atoms with van der Waals surface area (Å²) in [6.45, 7) is 4.14. The molecule has 0 radical (unpaired) electrons. The lowest BCUT2D eigenvalue weighted by molar-refractivity contribution is -0.149. The number of carbonyl (C=O) groups excluding carboxylic acids is 1. The van der Waals surface area contributed by atoms with Crippen LogP contribution in [0.2, 0.25) is 0 Å². The van der Waals surface area contributed by atoms with E-state index in [2.05, 4.69) is 16.8 Å². The highest BCUT2D eigenvalue weighted by atomic mass is 16.5. The van der Waals surface area contributed by atoms with Crippen LogP contribution in [0.4, 0.5) is 0 Å². The quantitative estimate of drug-likeness (QED) is 0.588. The number of hydrogen-bond acceptors (Lipinski definition) is 5. The topological polar surface area (TPSA) is 42.0 Å². The van der Waals surface area contributed by atoms with Crippen LogP contribution in [0.5, 0.6) is 0 Å². The zero-order valence-electron chi connectivity index (χ0n) is 9.73. The highest BCUT2D eigenvalue weighted by Gasteiger charge is 2.28. The van der Waals surface area contributed by atoms with Crippen molar-refractivity contribution in [2.75, 3.05) is 54.1 Å². The maximum Gasteiger partial charge on any atom is 0.325 e. The molecule has 1 rings (SSSR count). The summed E-state index contributed by atoms with van der Waals surface area (Å²) in [5, 5.41) is 0. The predicted molar refractivity (Wildman–Crippen MR) is 56.8 cm³/mol. The second kappa shape index (κ2) is 6.05. The summed E-state index contributed by atoms with van der Waals surface area (Å²) in [6.07, 6.45) is 0. The highest BCUT2D eigenvalue weighted by Crippen LogP contribution is 2.07. The van der Waals surface area contributed by atoms with Crippen molar-refractivity contribution in [1.29, 1.82) is 0 Å². The SMILES string of the molecule is COCC(C(=O)OC)N1CCN(C)CC1. The lowest BCUT2D eigenvalue weighted by Gasteiger charge is -2.36. The summed E-state index contributed by atoms with van der Waals surface area (Å²) in [5.41, 5.74) is 0. The molecule has 88 valence electrons. The van der Waals surface area contributed by atoms with Crippen LogP contribution in [-0.2, 0) is 14.3 Å². The predicted octanol–water partition coefficient (Wildman–Crippen LogP) is -0.578. The molecule has 0 aromatic carbocycles. The molecule has 5 heteroatoms. The van der Waals surface area contributed by atoms with Gasteiger partial charge in [-0.1, -0.05) is 0 Å². The first kappa shape index (κ1) is 12.4. The van der Waals surface area contributed by atoms with Gasteiger partial charge in [-0.15, -0.1) is 0 Å². The van der Waals surface area contributed by atoms with Gasteiger partial charge in [0.05, 0.1) is 13.7 Å². The van der Waals surface area contributed by atoms with Gasteiger partial charge in [0.25, 0.3) is 0 Å². The van der Waals surface area contributed by atoms with E-state index in [1.54, 1.807) is 7.11 Å². The number of methoxy groups -OCH3 is 2. The van der Waals surface area contributed by atoms with E-state index in [0.717, 1.165) is 26.2 Å². The Bertz CT molecular complexity index is 203. The lowest BCUT2D eigenvalue weighted by Crippen LogP contribution is -2.53. The number of nitrogens with zero attached hydrogens (tertiary/aromatic N) is 2. The molecule has 1 aliphatic rings. The summed E-state index contributed by atoms with van der Waals surface area (Å²) in [6, 6.07) is -0.256. The Morgan fingerprint density at radius 2 is 1.87 bits per heavy atom. The number of hydrogen-bond donors (Lipinski definition) is 0. The van der Waals surface area contributed by atoms with Crippen LogP contribution in [0.15, 0.2) is 0 Å². The molecule has 1 fully saturated rings. The third-order valence-corrected chi connectivity index (χ3v) is 2.78. The molecule has 1 heterocycles. The van der Waals surface area contributed by atoms with Crippen molar-refractivity contribution in [3.05, 3.63) is 0 Å².